The molecule has 0 atom stereocenters. The van der Waals surface area contributed by atoms with Crippen molar-refractivity contribution in [2.75, 3.05) is 13.7 Å². The number of hydrogen-bond acceptors (Lipinski definition) is 4. The van der Waals surface area contributed by atoms with Gasteiger partial charge in [-0.15, -0.1) is 0 Å². The molecule has 1 aromatic rings. The molecule has 0 fully saturated rings. The quantitative estimate of drug-likeness (QED) is 0.846. The molecule has 0 aromatic carbocycles. The summed E-state index contributed by atoms with van der Waals surface area (Å²) in [5.74, 6) is 0.368. The van der Waals surface area contributed by atoms with Crippen LogP contribution >= 0.6 is 0 Å². The minimum absolute atomic E-state index is 0.122. The highest BCUT2D eigenvalue weighted by molar-refractivity contribution is 5.29. The molecule has 1 N–H and O–H groups in total. The molecule has 0 aliphatic carbocycles. The number of aromatic nitrogens is 2. The van der Waals surface area contributed by atoms with Gasteiger partial charge >= 0.3 is 0 Å². The van der Waals surface area contributed by atoms with E-state index in [4.69, 9.17) is 9.47 Å². The first kappa shape index (κ1) is 12.5. The van der Waals surface area contributed by atoms with Gasteiger partial charge in [-0.1, -0.05) is 20.8 Å². The zero-order chi connectivity index (χ0) is 12.2. The minimum Gasteiger partial charge on any atom is -0.487 e. The van der Waals surface area contributed by atoms with Crippen molar-refractivity contribution in [2.45, 2.75) is 27.2 Å². The fourth-order valence-corrected chi connectivity index (χ4v) is 1.11. The van der Waals surface area contributed by atoms with Gasteiger partial charge in [-0.2, -0.15) is 0 Å². The average molecular weight is 226 g/mol. The molecule has 0 aliphatic rings. The molecule has 1 aromatic heterocycles. The molecular formula is C11H18N2O3. The maximum atomic E-state index is 11.3. The zero-order valence-corrected chi connectivity index (χ0v) is 10.2. The fourth-order valence-electron chi connectivity index (χ4n) is 1.11. The molecule has 5 heteroatoms. The highest BCUT2D eigenvalue weighted by Crippen LogP contribution is 2.21. The number of aromatic amines is 1. The summed E-state index contributed by atoms with van der Waals surface area (Å²) in [7, 11) is 1.42. The Hall–Kier alpha value is -1.52. The van der Waals surface area contributed by atoms with Crippen molar-refractivity contribution in [1.82, 2.24) is 9.97 Å². The van der Waals surface area contributed by atoms with E-state index >= 15 is 0 Å². The molecule has 90 valence electrons. The topological polar surface area (TPSA) is 64.2 Å². The Bertz CT molecular complexity index is 393. The van der Waals surface area contributed by atoms with Crippen LogP contribution in [-0.2, 0) is 0 Å². The fraction of sp³-hybridized carbons (Fsp3) is 0.636. The van der Waals surface area contributed by atoms with E-state index < -0.39 is 0 Å². The summed E-state index contributed by atoms with van der Waals surface area (Å²) in [6, 6.07) is 0. The summed E-state index contributed by atoms with van der Waals surface area (Å²) in [6.07, 6.45) is 2.18. The predicted molar refractivity (Wildman–Crippen MR) is 61.0 cm³/mol. The van der Waals surface area contributed by atoms with Gasteiger partial charge in [0.15, 0.2) is 0 Å². The minimum atomic E-state index is -0.330. The SMILES string of the molecule is COc1c(OCCC(C)(C)C)nc[nH]c1=O. The maximum absolute atomic E-state index is 11.3. The van der Waals surface area contributed by atoms with Crippen LogP contribution in [0.25, 0.3) is 0 Å². The van der Waals surface area contributed by atoms with E-state index in [1.807, 2.05) is 0 Å². The van der Waals surface area contributed by atoms with Crippen molar-refractivity contribution >= 4 is 0 Å². The van der Waals surface area contributed by atoms with Crippen molar-refractivity contribution in [3.63, 3.8) is 0 Å². The molecule has 1 heterocycles. The molecular weight excluding hydrogens is 208 g/mol. The Labute approximate surface area is 94.8 Å². The standard InChI is InChI=1S/C11H18N2O3/c1-11(2,3)5-6-16-10-8(15-4)9(14)12-7-13-10/h7H,5-6H2,1-4H3,(H,12,13,14). The Morgan fingerprint density at radius 3 is 2.69 bits per heavy atom. The van der Waals surface area contributed by atoms with Crippen molar-refractivity contribution in [2.24, 2.45) is 5.41 Å². The number of H-pyrrole nitrogens is 1. The van der Waals surface area contributed by atoms with Crippen LogP contribution in [0.5, 0.6) is 11.6 Å². The lowest BCUT2D eigenvalue weighted by atomic mass is 9.93. The molecule has 0 aliphatic heterocycles. The highest BCUT2D eigenvalue weighted by Gasteiger charge is 2.13. The third kappa shape index (κ3) is 3.56. The summed E-state index contributed by atoms with van der Waals surface area (Å²) in [5, 5.41) is 0. The van der Waals surface area contributed by atoms with Crippen LogP contribution in [0.2, 0.25) is 0 Å². The monoisotopic (exact) mass is 226 g/mol. The summed E-state index contributed by atoms with van der Waals surface area (Å²) < 4.78 is 10.4. The zero-order valence-electron chi connectivity index (χ0n) is 10.2. The van der Waals surface area contributed by atoms with Crippen LogP contribution < -0.4 is 15.0 Å². The molecule has 0 radical (unpaired) electrons. The third-order valence-corrected chi connectivity index (χ3v) is 2.07. The van der Waals surface area contributed by atoms with Gasteiger partial charge in [0.25, 0.3) is 11.4 Å². The Balaban J connectivity index is 2.67. The summed E-state index contributed by atoms with van der Waals surface area (Å²) in [6.45, 7) is 6.88. The molecule has 0 saturated carbocycles. The van der Waals surface area contributed by atoms with Crippen molar-refractivity contribution in [3.8, 4) is 11.6 Å². The lowest BCUT2D eigenvalue weighted by Gasteiger charge is -2.18. The largest absolute Gasteiger partial charge is 0.487 e. The van der Waals surface area contributed by atoms with E-state index in [1.54, 1.807) is 0 Å². The number of nitrogens with one attached hydrogen (secondary N) is 1. The molecule has 0 amide bonds. The van der Waals surface area contributed by atoms with Crippen molar-refractivity contribution in [3.05, 3.63) is 16.7 Å². The average Bonchev–Trinajstić information content (AvgIpc) is 2.16. The first-order valence-electron chi connectivity index (χ1n) is 5.18. The van der Waals surface area contributed by atoms with Crippen molar-refractivity contribution in [1.29, 1.82) is 0 Å². The molecule has 1 rings (SSSR count). The van der Waals surface area contributed by atoms with E-state index in [9.17, 15) is 4.79 Å². The lowest BCUT2D eigenvalue weighted by Crippen LogP contribution is -2.15. The number of rotatable bonds is 4. The molecule has 0 bridgehead atoms. The molecule has 5 nitrogen and oxygen atoms in total. The van der Waals surface area contributed by atoms with Gasteiger partial charge in [-0.05, 0) is 11.8 Å². The van der Waals surface area contributed by atoms with Gasteiger partial charge < -0.3 is 14.5 Å². The second kappa shape index (κ2) is 5.01. The van der Waals surface area contributed by atoms with E-state index in [0.717, 1.165) is 6.42 Å². The molecule has 0 saturated heterocycles. The number of nitrogens with zero attached hydrogens (tertiary/aromatic N) is 1. The van der Waals surface area contributed by atoms with Gasteiger partial charge in [0.2, 0.25) is 5.75 Å². The van der Waals surface area contributed by atoms with Crippen LogP contribution in [0.3, 0.4) is 0 Å². The predicted octanol–water partition coefficient (Wildman–Crippen LogP) is 1.59. The van der Waals surface area contributed by atoms with E-state index in [-0.39, 0.29) is 22.6 Å². The van der Waals surface area contributed by atoms with E-state index in [0.29, 0.717) is 6.61 Å². The highest BCUT2D eigenvalue weighted by atomic mass is 16.5. The molecule has 0 spiro atoms. The van der Waals surface area contributed by atoms with E-state index in [2.05, 4.69) is 30.7 Å². The van der Waals surface area contributed by atoms with Gasteiger partial charge in [-0.25, -0.2) is 4.98 Å². The first-order chi connectivity index (χ1) is 7.44. The molecule has 0 unspecified atom stereocenters. The van der Waals surface area contributed by atoms with Crippen LogP contribution in [0, 0.1) is 5.41 Å². The van der Waals surface area contributed by atoms with Crippen LogP contribution in [0.4, 0.5) is 0 Å². The second-order valence-corrected chi connectivity index (χ2v) is 4.73. The van der Waals surface area contributed by atoms with Gasteiger partial charge in [0.1, 0.15) is 0 Å². The Kier molecular flexibility index (Phi) is 3.93. The number of methoxy groups -OCH3 is 1. The number of ether oxygens (including phenoxy) is 2. The van der Waals surface area contributed by atoms with Crippen molar-refractivity contribution < 1.29 is 9.47 Å². The van der Waals surface area contributed by atoms with Gasteiger partial charge in [-0.3, -0.25) is 4.79 Å². The summed E-state index contributed by atoms with van der Waals surface area (Å²) in [5.41, 5.74) is -0.141. The maximum Gasteiger partial charge on any atom is 0.297 e. The summed E-state index contributed by atoms with van der Waals surface area (Å²) >= 11 is 0. The number of hydrogen-bond donors (Lipinski definition) is 1. The smallest absolute Gasteiger partial charge is 0.297 e. The van der Waals surface area contributed by atoms with Crippen LogP contribution in [-0.4, -0.2) is 23.7 Å². The lowest BCUT2D eigenvalue weighted by molar-refractivity contribution is 0.225. The van der Waals surface area contributed by atoms with E-state index in [1.165, 1.54) is 13.4 Å². The Morgan fingerprint density at radius 1 is 1.44 bits per heavy atom. The van der Waals surface area contributed by atoms with Crippen LogP contribution in [0.15, 0.2) is 11.1 Å². The van der Waals surface area contributed by atoms with Gasteiger partial charge in [0, 0.05) is 0 Å². The Morgan fingerprint density at radius 2 is 2.12 bits per heavy atom. The van der Waals surface area contributed by atoms with Gasteiger partial charge in [0.05, 0.1) is 20.0 Å². The second-order valence-electron chi connectivity index (χ2n) is 4.73. The first-order valence-corrected chi connectivity index (χ1v) is 5.18. The third-order valence-electron chi connectivity index (χ3n) is 2.07. The summed E-state index contributed by atoms with van der Waals surface area (Å²) in [4.78, 5) is 17.7. The normalized spacial score (nSPS) is 11.2. The molecule has 16 heavy (non-hydrogen) atoms. The van der Waals surface area contributed by atoms with Crippen LogP contribution in [0.1, 0.15) is 27.2 Å².